The Morgan fingerprint density at radius 2 is 1.86 bits per heavy atom. The molecule has 22 heavy (non-hydrogen) atoms. The number of hydrogen-bond donors (Lipinski definition) is 1. The number of primary amides is 1. The number of carbonyl (C=O) groups excluding carboxylic acids is 1. The summed E-state index contributed by atoms with van der Waals surface area (Å²) in [4.78, 5) is 12.2. The van der Waals surface area contributed by atoms with Crippen molar-refractivity contribution in [3.8, 4) is 0 Å². The zero-order valence-corrected chi connectivity index (χ0v) is 12.7. The van der Waals surface area contributed by atoms with E-state index >= 15 is 0 Å². The van der Waals surface area contributed by atoms with Crippen LogP contribution in [-0.2, 0) is 10.2 Å². The number of benzene rings is 1. The lowest BCUT2D eigenvalue weighted by Crippen LogP contribution is -2.94. The van der Waals surface area contributed by atoms with Gasteiger partial charge in [0, 0.05) is 10.8 Å². The Kier molecular flexibility index (Phi) is 1.73. The van der Waals surface area contributed by atoms with E-state index in [2.05, 4.69) is 36.4 Å². The van der Waals surface area contributed by atoms with Gasteiger partial charge in [0.15, 0.2) is 0 Å². The molecule has 5 aliphatic carbocycles. The Morgan fingerprint density at radius 3 is 2.50 bits per heavy atom. The molecule has 0 bridgehead atoms. The molecule has 0 saturated heterocycles. The molecule has 112 valence electrons. The van der Waals surface area contributed by atoms with Gasteiger partial charge in [0.1, 0.15) is 0 Å². The van der Waals surface area contributed by atoms with Crippen LogP contribution in [0.4, 0.5) is 0 Å². The third-order valence-electron chi connectivity index (χ3n) is 8.04. The topological polar surface area (TPSA) is 43.1 Å². The number of allylic oxidation sites excluding steroid dienone is 2. The maximum absolute atomic E-state index is 12.2. The molecular weight excluding hydrogens is 270 g/mol. The van der Waals surface area contributed by atoms with Gasteiger partial charge in [-0.25, -0.2) is 0 Å². The van der Waals surface area contributed by atoms with E-state index in [-0.39, 0.29) is 22.2 Å². The third kappa shape index (κ3) is 0.887. The zero-order valence-electron chi connectivity index (χ0n) is 12.7. The Balaban J connectivity index is 1.46. The third-order valence-corrected chi connectivity index (χ3v) is 8.04. The van der Waals surface area contributed by atoms with E-state index in [1.54, 1.807) is 5.57 Å². The number of rotatable bonds is 3. The smallest absolute Gasteiger partial charge is 0.224 e. The zero-order chi connectivity index (χ0) is 14.7. The predicted molar refractivity (Wildman–Crippen MR) is 83.8 cm³/mol. The van der Waals surface area contributed by atoms with Crippen LogP contribution in [0.2, 0.25) is 0 Å². The van der Waals surface area contributed by atoms with Gasteiger partial charge in [-0.1, -0.05) is 42.0 Å². The summed E-state index contributed by atoms with van der Waals surface area (Å²) in [6, 6.07) is 10.9. The summed E-state index contributed by atoms with van der Waals surface area (Å²) in [5.74, 6) is 2.15. The van der Waals surface area contributed by atoms with Gasteiger partial charge in [-0.3, -0.25) is 4.79 Å². The first-order chi connectivity index (χ1) is 10.7. The summed E-state index contributed by atoms with van der Waals surface area (Å²) in [6.45, 7) is 0. The van der Waals surface area contributed by atoms with Crippen molar-refractivity contribution in [1.29, 1.82) is 0 Å². The Labute approximate surface area is 130 Å². The average Bonchev–Trinajstić information content (AvgIpc) is 3.26. The van der Waals surface area contributed by atoms with Crippen LogP contribution < -0.4 is 5.73 Å². The van der Waals surface area contributed by atoms with Gasteiger partial charge in [-0.2, -0.15) is 0 Å². The van der Waals surface area contributed by atoms with Gasteiger partial charge in [0.05, 0.1) is 5.41 Å². The summed E-state index contributed by atoms with van der Waals surface area (Å²) in [6.07, 6.45) is 8.61. The monoisotopic (exact) mass is 291 g/mol. The van der Waals surface area contributed by atoms with Crippen molar-refractivity contribution >= 4 is 5.91 Å². The minimum Gasteiger partial charge on any atom is -0.369 e. The normalized spacial score (nSPS) is 51.5. The van der Waals surface area contributed by atoms with Gasteiger partial charge < -0.3 is 5.73 Å². The second kappa shape index (κ2) is 3.20. The van der Waals surface area contributed by atoms with Crippen LogP contribution in [0.25, 0.3) is 0 Å². The molecule has 0 aromatic heterocycles. The first kappa shape index (κ1) is 11.9. The van der Waals surface area contributed by atoms with Crippen LogP contribution in [0.1, 0.15) is 37.7 Å². The number of hydrogen-bond acceptors (Lipinski definition) is 1. The number of carbonyl (C=O) groups is 1. The second-order valence-corrected chi connectivity index (χ2v) is 8.46. The molecule has 2 nitrogen and oxygen atoms in total. The van der Waals surface area contributed by atoms with Crippen LogP contribution >= 0.6 is 0 Å². The van der Waals surface area contributed by atoms with E-state index in [0.29, 0.717) is 11.8 Å². The van der Waals surface area contributed by atoms with Gasteiger partial charge in [-0.15, -0.1) is 0 Å². The molecule has 5 saturated carbocycles. The molecule has 5 fully saturated rings. The Bertz CT molecular complexity index is 738. The predicted octanol–water partition coefficient (Wildman–Crippen LogP) is 3.18. The van der Waals surface area contributed by atoms with Crippen molar-refractivity contribution in [3.05, 3.63) is 47.5 Å². The fraction of sp³-hybridized carbons (Fsp3) is 0.550. The van der Waals surface area contributed by atoms with E-state index in [1.807, 2.05) is 0 Å². The van der Waals surface area contributed by atoms with Crippen molar-refractivity contribution in [2.75, 3.05) is 0 Å². The minimum absolute atomic E-state index is 0.0227. The highest BCUT2D eigenvalue weighted by Gasteiger charge is 2.96. The van der Waals surface area contributed by atoms with Crippen LogP contribution in [0.3, 0.4) is 0 Å². The van der Waals surface area contributed by atoms with Crippen LogP contribution in [0.15, 0.2) is 42.0 Å². The van der Waals surface area contributed by atoms with Crippen molar-refractivity contribution in [1.82, 2.24) is 0 Å². The van der Waals surface area contributed by atoms with Crippen LogP contribution in [0.5, 0.6) is 0 Å². The quantitative estimate of drug-likeness (QED) is 0.854. The fourth-order valence-electron chi connectivity index (χ4n) is 7.26. The first-order valence-electron chi connectivity index (χ1n) is 8.73. The van der Waals surface area contributed by atoms with Gasteiger partial charge in [0.25, 0.3) is 0 Å². The summed E-state index contributed by atoms with van der Waals surface area (Å²) < 4.78 is 0. The highest BCUT2D eigenvalue weighted by atomic mass is 16.1. The van der Waals surface area contributed by atoms with E-state index < -0.39 is 0 Å². The molecule has 2 N–H and O–H groups in total. The SMILES string of the molecule is NC(=O)C12CC3/C(=C/C4CC4)C4CC(c5ccccc5)(C1)C342. The second-order valence-electron chi connectivity index (χ2n) is 8.46. The van der Waals surface area contributed by atoms with Crippen molar-refractivity contribution in [3.63, 3.8) is 0 Å². The van der Waals surface area contributed by atoms with E-state index in [1.165, 1.54) is 24.8 Å². The molecule has 0 heterocycles. The molecule has 1 spiro atoms. The molecule has 6 rings (SSSR count). The Hall–Kier alpha value is -1.57. The molecule has 0 aliphatic heterocycles. The molecule has 2 heteroatoms. The summed E-state index contributed by atoms with van der Waals surface area (Å²) in [5, 5.41) is 0. The van der Waals surface area contributed by atoms with Crippen LogP contribution in [-0.4, -0.2) is 5.91 Å². The highest BCUT2D eigenvalue weighted by molar-refractivity contribution is 5.89. The highest BCUT2D eigenvalue weighted by Crippen LogP contribution is 2.98. The van der Waals surface area contributed by atoms with Gasteiger partial charge in [-0.05, 0) is 55.4 Å². The molecule has 1 aromatic rings. The van der Waals surface area contributed by atoms with E-state index in [4.69, 9.17) is 5.73 Å². The summed E-state index contributed by atoms with van der Waals surface area (Å²) in [7, 11) is 0. The maximum atomic E-state index is 12.2. The molecular formula is C20H21NO. The lowest BCUT2D eigenvalue weighted by molar-refractivity contribution is -0.396. The first-order valence-corrected chi connectivity index (χ1v) is 8.73. The van der Waals surface area contributed by atoms with Crippen molar-refractivity contribution in [2.45, 2.75) is 37.5 Å². The lowest BCUT2D eigenvalue weighted by Gasteiger charge is -2.95. The number of amides is 1. The van der Waals surface area contributed by atoms with Crippen molar-refractivity contribution < 1.29 is 4.79 Å². The Morgan fingerprint density at radius 1 is 1.14 bits per heavy atom. The van der Waals surface area contributed by atoms with Gasteiger partial charge in [0.2, 0.25) is 5.91 Å². The van der Waals surface area contributed by atoms with Crippen molar-refractivity contribution in [2.24, 2.45) is 34.3 Å². The fourth-order valence-corrected chi connectivity index (χ4v) is 7.26. The average molecular weight is 291 g/mol. The molecule has 0 radical (unpaired) electrons. The molecule has 1 amide bonds. The summed E-state index contributed by atoms with van der Waals surface area (Å²) in [5.41, 5.74) is 9.34. The number of nitrogens with two attached hydrogens (primary N) is 1. The van der Waals surface area contributed by atoms with E-state index in [9.17, 15) is 4.79 Å². The molecule has 1 aromatic carbocycles. The van der Waals surface area contributed by atoms with E-state index in [0.717, 1.165) is 18.8 Å². The molecule has 5 aliphatic rings. The summed E-state index contributed by atoms with van der Waals surface area (Å²) >= 11 is 0. The van der Waals surface area contributed by atoms with Crippen LogP contribution in [0, 0.1) is 28.6 Å². The minimum atomic E-state index is -0.169. The lowest BCUT2D eigenvalue weighted by atomic mass is 9.07. The molecule has 5 unspecified atom stereocenters. The molecule has 5 atom stereocenters. The maximum Gasteiger partial charge on any atom is 0.224 e. The largest absolute Gasteiger partial charge is 0.369 e. The standard InChI is InChI=1S/C20H21NO/c21-17(22)19-10-16-14(8-12-6-7-12)15-9-18(11-19,20(15,16)19)13-4-2-1-3-5-13/h1-5,8,12,15-16H,6-7,9-11H2,(H2,21,22)/b14-8+. The van der Waals surface area contributed by atoms with Gasteiger partial charge >= 0.3 is 0 Å².